The van der Waals surface area contributed by atoms with Crippen molar-refractivity contribution in [1.82, 2.24) is 15.5 Å². The summed E-state index contributed by atoms with van der Waals surface area (Å²) >= 11 is 0. The highest BCUT2D eigenvalue weighted by Crippen LogP contribution is 2.30. The van der Waals surface area contributed by atoms with Gasteiger partial charge in [-0.2, -0.15) is 0 Å². The fraction of sp³-hybridized carbons (Fsp3) is 0.483. The lowest BCUT2D eigenvalue weighted by Gasteiger charge is -2.29. The van der Waals surface area contributed by atoms with Crippen molar-refractivity contribution in [3.63, 3.8) is 0 Å². The van der Waals surface area contributed by atoms with E-state index in [1.54, 1.807) is 19.1 Å². The Morgan fingerprint density at radius 2 is 1.67 bits per heavy atom. The van der Waals surface area contributed by atoms with Crippen LogP contribution in [-0.4, -0.2) is 34.7 Å². The second-order valence-electron chi connectivity index (χ2n) is 9.32. The monoisotopic (exact) mass is 495 g/mol. The molecule has 1 aliphatic carbocycles. The summed E-state index contributed by atoms with van der Waals surface area (Å²) < 4.78 is 14.0. The number of fused-ring (bicyclic) bond motifs is 1. The molecule has 1 atom stereocenters. The summed E-state index contributed by atoms with van der Waals surface area (Å²) in [6.45, 7) is 6.74. The highest BCUT2D eigenvalue weighted by Gasteiger charge is 2.40. The van der Waals surface area contributed by atoms with Gasteiger partial charge in [-0.1, -0.05) is 69.5 Å². The van der Waals surface area contributed by atoms with Gasteiger partial charge in [-0.3, -0.25) is 19.7 Å². The third-order valence-electron chi connectivity index (χ3n) is 6.89. The van der Waals surface area contributed by atoms with Crippen LogP contribution < -0.4 is 10.6 Å². The first-order valence-electron chi connectivity index (χ1n) is 13.1. The number of aryl methyl sites for hydroxylation is 1. The minimum Gasteiger partial charge on any atom is -0.322 e. The van der Waals surface area contributed by atoms with Crippen LogP contribution in [0.2, 0.25) is 0 Å². The molecule has 1 saturated carbocycles. The Hall–Kier alpha value is -3.06. The second kappa shape index (κ2) is 13.3. The summed E-state index contributed by atoms with van der Waals surface area (Å²) in [6, 6.07) is 13.9. The van der Waals surface area contributed by atoms with Crippen molar-refractivity contribution in [2.45, 2.75) is 90.9 Å². The number of hydrogen-bond donors (Lipinski definition) is 2. The van der Waals surface area contributed by atoms with Crippen LogP contribution in [0.1, 0.15) is 85.8 Å². The Labute approximate surface area is 213 Å². The minimum atomic E-state index is -0.702. The van der Waals surface area contributed by atoms with Crippen molar-refractivity contribution in [2.75, 3.05) is 0 Å². The first kappa shape index (κ1) is 27.5. The maximum absolute atomic E-state index is 14.0. The minimum absolute atomic E-state index is 0.0773. The number of rotatable bonds is 4. The van der Waals surface area contributed by atoms with Crippen LogP contribution in [0.5, 0.6) is 0 Å². The largest absolute Gasteiger partial charge is 0.322 e. The van der Waals surface area contributed by atoms with E-state index in [2.05, 4.69) is 41.0 Å². The standard InChI is InChI=1S/C14H13FN2O3.C13H19N.C2H6/c1-7-2-3-8-9(12(7)15)6-17(14(8)20)10-4-5-11(18)16-13(10)19;1-3-7-12(8-4-1)11-14-13-9-5-2-6-10-13;1-2/h2-3,10H,4-6H2,1H3,(H,16,18,19);1,3-4,7-8,13-14H,2,5-6,9-11H2;1-2H3. The molecule has 2 N–H and O–H groups in total. The molecule has 3 amide bonds. The molecule has 2 aliphatic heterocycles. The Morgan fingerprint density at radius 1 is 0.972 bits per heavy atom. The molecule has 0 bridgehead atoms. The van der Waals surface area contributed by atoms with Crippen molar-refractivity contribution < 1.29 is 18.8 Å². The molecular weight excluding hydrogens is 457 g/mol. The van der Waals surface area contributed by atoms with Gasteiger partial charge in [0.15, 0.2) is 0 Å². The van der Waals surface area contributed by atoms with Gasteiger partial charge in [0, 0.05) is 30.1 Å². The lowest BCUT2D eigenvalue weighted by atomic mass is 9.95. The second-order valence-corrected chi connectivity index (χ2v) is 9.32. The first-order chi connectivity index (χ1) is 17.4. The number of imide groups is 1. The van der Waals surface area contributed by atoms with Crippen molar-refractivity contribution >= 4 is 17.7 Å². The number of nitrogens with zero attached hydrogens (tertiary/aromatic N) is 1. The predicted molar refractivity (Wildman–Crippen MR) is 139 cm³/mol. The molecule has 1 unspecified atom stereocenters. The SMILES string of the molecule is CC.Cc1ccc2c(c1F)CN(C1CCC(=O)NC1=O)C2=O.c1ccc(CNC2CCCCC2)cc1. The van der Waals surface area contributed by atoms with Crippen LogP contribution in [0.25, 0.3) is 0 Å². The molecule has 3 aliphatic rings. The fourth-order valence-electron chi connectivity index (χ4n) is 4.89. The summed E-state index contributed by atoms with van der Waals surface area (Å²) in [5.74, 6) is -1.57. The molecule has 1 saturated heterocycles. The number of carbonyl (C=O) groups excluding carboxylic acids is 3. The van der Waals surface area contributed by atoms with Crippen LogP contribution in [0.15, 0.2) is 42.5 Å². The summed E-state index contributed by atoms with van der Waals surface area (Å²) in [4.78, 5) is 36.6. The predicted octanol–water partition coefficient (Wildman–Crippen LogP) is 5.03. The van der Waals surface area contributed by atoms with E-state index in [0.717, 1.165) is 12.6 Å². The number of carbonyl (C=O) groups is 3. The molecule has 2 fully saturated rings. The summed E-state index contributed by atoms with van der Waals surface area (Å²) in [5.41, 5.74) is 2.51. The zero-order valence-electron chi connectivity index (χ0n) is 21.6. The average molecular weight is 496 g/mol. The molecule has 2 aromatic carbocycles. The average Bonchev–Trinajstić information content (AvgIpc) is 3.24. The number of piperidine rings is 1. The van der Waals surface area contributed by atoms with Crippen LogP contribution in [0.3, 0.4) is 0 Å². The third kappa shape index (κ3) is 6.78. The van der Waals surface area contributed by atoms with Gasteiger partial charge in [0.1, 0.15) is 11.9 Å². The quantitative estimate of drug-likeness (QED) is 0.583. The van der Waals surface area contributed by atoms with Gasteiger partial charge in [-0.05, 0) is 43.4 Å². The molecular formula is C29H38FN3O3. The zero-order chi connectivity index (χ0) is 26.1. The molecule has 2 heterocycles. The van der Waals surface area contributed by atoms with E-state index in [1.807, 2.05) is 13.8 Å². The van der Waals surface area contributed by atoms with E-state index < -0.39 is 17.8 Å². The molecule has 0 aromatic heterocycles. The highest BCUT2D eigenvalue weighted by atomic mass is 19.1. The fourth-order valence-corrected chi connectivity index (χ4v) is 4.89. The van der Waals surface area contributed by atoms with E-state index in [-0.39, 0.29) is 31.2 Å². The van der Waals surface area contributed by atoms with Crippen LogP contribution in [-0.2, 0) is 22.7 Å². The van der Waals surface area contributed by atoms with Gasteiger partial charge in [0.2, 0.25) is 11.8 Å². The molecule has 6 nitrogen and oxygen atoms in total. The van der Waals surface area contributed by atoms with E-state index in [4.69, 9.17) is 0 Å². The van der Waals surface area contributed by atoms with Crippen molar-refractivity contribution in [2.24, 2.45) is 0 Å². The van der Waals surface area contributed by atoms with E-state index in [9.17, 15) is 18.8 Å². The maximum Gasteiger partial charge on any atom is 0.255 e. The number of halogens is 1. The molecule has 2 aromatic rings. The summed E-state index contributed by atoms with van der Waals surface area (Å²) in [7, 11) is 0. The van der Waals surface area contributed by atoms with Gasteiger partial charge in [0.05, 0.1) is 6.54 Å². The Balaban J connectivity index is 0.000000198. The summed E-state index contributed by atoms with van der Waals surface area (Å²) in [6.07, 6.45) is 7.46. The van der Waals surface area contributed by atoms with Crippen molar-refractivity contribution in [1.29, 1.82) is 0 Å². The molecule has 0 spiro atoms. The lowest BCUT2D eigenvalue weighted by Crippen LogP contribution is -2.52. The van der Waals surface area contributed by atoms with Crippen molar-refractivity contribution in [3.05, 3.63) is 70.5 Å². The normalized spacial score (nSPS) is 19.5. The molecule has 36 heavy (non-hydrogen) atoms. The van der Waals surface area contributed by atoms with E-state index >= 15 is 0 Å². The number of hydrogen-bond acceptors (Lipinski definition) is 4. The number of benzene rings is 2. The highest BCUT2D eigenvalue weighted by molar-refractivity contribution is 6.05. The van der Waals surface area contributed by atoms with Gasteiger partial charge in [0.25, 0.3) is 5.91 Å². The smallest absolute Gasteiger partial charge is 0.255 e. The first-order valence-corrected chi connectivity index (χ1v) is 13.1. The Morgan fingerprint density at radius 3 is 2.33 bits per heavy atom. The Kier molecular flexibility index (Phi) is 10.2. The third-order valence-corrected chi connectivity index (χ3v) is 6.89. The van der Waals surface area contributed by atoms with Gasteiger partial charge in [-0.25, -0.2) is 4.39 Å². The zero-order valence-corrected chi connectivity index (χ0v) is 21.6. The van der Waals surface area contributed by atoms with Gasteiger partial charge < -0.3 is 10.2 Å². The maximum atomic E-state index is 14.0. The van der Waals surface area contributed by atoms with E-state index in [1.165, 1.54) is 42.6 Å². The summed E-state index contributed by atoms with van der Waals surface area (Å²) in [5, 5.41) is 5.85. The molecule has 194 valence electrons. The van der Waals surface area contributed by atoms with Crippen LogP contribution in [0.4, 0.5) is 4.39 Å². The van der Waals surface area contributed by atoms with Crippen LogP contribution >= 0.6 is 0 Å². The van der Waals surface area contributed by atoms with Gasteiger partial charge in [-0.15, -0.1) is 0 Å². The molecule has 7 heteroatoms. The van der Waals surface area contributed by atoms with Crippen LogP contribution in [0, 0.1) is 12.7 Å². The van der Waals surface area contributed by atoms with Crippen molar-refractivity contribution in [3.8, 4) is 0 Å². The topological polar surface area (TPSA) is 78.5 Å². The number of amides is 3. The lowest BCUT2D eigenvalue weighted by molar-refractivity contribution is -0.136. The Bertz CT molecular complexity index is 1050. The molecule has 0 radical (unpaired) electrons. The van der Waals surface area contributed by atoms with E-state index in [0.29, 0.717) is 16.7 Å². The van der Waals surface area contributed by atoms with Gasteiger partial charge >= 0.3 is 0 Å². The molecule has 5 rings (SSSR count). The number of nitrogens with one attached hydrogen (secondary N) is 2.